The lowest BCUT2D eigenvalue weighted by Crippen LogP contribution is -2.52. The summed E-state index contributed by atoms with van der Waals surface area (Å²) in [6, 6.07) is 0.0158. The molecule has 1 fully saturated rings. The molecule has 0 radical (unpaired) electrons. The number of halogens is 1. The molecule has 0 saturated carbocycles. The number of carbonyl (C=O) groups excluding carboxylic acids is 2. The average Bonchev–Trinajstić information content (AvgIpc) is 2.76. The highest BCUT2D eigenvalue weighted by molar-refractivity contribution is 9.10. The Balaban J connectivity index is 1.96. The molecular formula is C10H12BrN3O3S. The predicted molar refractivity (Wildman–Crippen MR) is 69.7 cm³/mol. The van der Waals surface area contributed by atoms with Crippen molar-refractivity contribution >= 4 is 39.3 Å². The summed E-state index contributed by atoms with van der Waals surface area (Å²) in [5.41, 5.74) is 0. The minimum absolute atomic E-state index is 0.0158. The molecule has 0 bridgehead atoms. The van der Waals surface area contributed by atoms with E-state index in [1.165, 1.54) is 4.90 Å². The number of hydrogen-bond acceptors (Lipinski definition) is 6. The highest BCUT2D eigenvalue weighted by Crippen LogP contribution is 2.16. The Bertz CT molecular complexity index is 465. The molecule has 6 nitrogen and oxygen atoms in total. The van der Waals surface area contributed by atoms with Crippen LogP contribution in [0.1, 0.15) is 16.7 Å². The van der Waals surface area contributed by atoms with E-state index in [1.54, 1.807) is 5.38 Å². The Morgan fingerprint density at radius 3 is 3.06 bits per heavy atom. The average molecular weight is 334 g/mol. The zero-order valence-corrected chi connectivity index (χ0v) is 12.1. The van der Waals surface area contributed by atoms with E-state index in [4.69, 9.17) is 4.74 Å². The van der Waals surface area contributed by atoms with Gasteiger partial charge in [0.2, 0.25) is 5.01 Å². The van der Waals surface area contributed by atoms with E-state index in [-0.39, 0.29) is 11.0 Å². The maximum Gasteiger partial charge on any atom is 0.418 e. The molecule has 18 heavy (non-hydrogen) atoms. The van der Waals surface area contributed by atoms with E-state index in [0.29, 0.717) is 24.2 Å². The van der Waals surface area contributed by atoms with Crippen LogP contribution in [0.25, 0.3) is 0 Å². The monoisotopic (exact) mass is 333 g/mol. The maximum atomic E-state index is 11.8. The van der Waals surface area contributed by atoms with Crippen LogP contribution < -0.4 is 5.32 Å². The molecule has 1 atom stereocenters. The number of amides is 1. The van der Waals surface area contributed by atoms with Crippen LogP contribution in [-0.2, 0) is 4.74 Å². The summed E-state index contributed by atoms with van der Waals surface area (Å²) in [6.07, 6.45) is -0.611. The number of aromatic nitrogens is 1. The first-order chi connectivity index (χ1) is 8.58. The van der Waals surface area contributed by atoms with Gasteiger partial charge in [0.1, 0.15) is 4.60 Å². The molecule has 1 N–H and O–H groups in total. The molecule has 1 aliphatic heterocycles. The molecule has 1 aromatic rings. The molecule has 0 spiro atoms. The van der Waals surface area contributed by atoms with Crippen molar-refractivity contribution in [2.75, 3.05) is 19.6 Å². The van der Waals surface area contributed by atoms with Gasteiger partial charge in [-0.3, -0.25) is 0 Å². The summed E-state index contributed by atoms with van der Waals surface area (Å²) in [5.74, 6) is -0.707. The molecule has 8 heteroatoms. The van der Waals surface area contributed by atoms with Crippen LogP contribution in [0.3, 0.4) is 0 Å². The molecule has 1 saturated heterocycles. The fourth-order valence-corrected chi connectivity index (χ4v) is 2.77. The van der Waals surface area contributed by atoms with Crippen molar-refractivity contribution in [2.24, 2.45) is 0 Å². The highest BCUT2D eigenvalue weighted by atomic mass is 79.9. The largest absolute Gasteiger partial charge is 0.418 e. The molecule has 1 aliphatic rings. The quantitative estimate of drug-likeness (QED) is 0.622. The zero-order valence-electron chi connectivity index (χ0n) is 9.68. The maximum absolute atomic E-state index is 11.8. The Labute approximate surface area is 116 Å². The van der Waals surface area contributed by atoms with E-state index in [1.807, 2.05) is 6.92 Å². The van der Waals surface area contributed by atoms with Crippen LogP contribution in [-0.4, -0.2) is 47.6 Å². The van der Waals surface area contributed by atoms with Gasteiger partial charge in [-0.25, -0.2) is 14.6 Å². The normalized spacial score (nSPS) is 19.7. The molecule has 2 rings (SSSR count). The van der Waals surface area contributed by atoms with Gasteiger partial charge in [-0.1, -0.05) is 0 Å². The standard InChI is InChI=1S/C10H12BrN3O3S/c1-6-4-12-2-3-14(6)10(16)17-9(15)8-13-7(11)5-18-8/h5-6,12H,2-4H2,1H3. The topological polar surface area (TPSA) is 71.5 Å². The first-order valence-corrected chi connectivity index (χ1v) is 7.09. The van der Waals surface area contributed by atoms with Gasteiger partial charge in [0.25, 0.3) is 0 Å². The molecule has 1 aromatic heterocycles. The van der Waals surface area contributed by atoms with E-state index >= 15 is 0 Å². The van der Waals surface area contributed by atoms with Crippen LogP contribution in [0.15, 0.2) is 9.98 Å². The van der Waals surface area contributed by atoms with Gasteiger partial charge in [0.05, 0.1) is 0 Å². The van der Waals surface area contributed by atoms with Gasteiger partial charge >= 0.3 is 12.1 Å². The number of rotatable bonds is 1. The lowest BCUT2D eigenvalue weighted by molar-refractivity contribution is 0.0491. The molecule has 98 valence electrons. The molecule has 0 aromatic carbocycles. The second-order valence-electron chi connectivity index (χ2n) is 3.88. The summed E-state index contributed by atoms with van der Waals surface area (Å²) < 4.78 is 5.36. The number of esters is 1. The lowest BCUT2D eigenvalue weighted by Gasteiger charge is -2.32. The number of piperazine rings is 1. The third-order valence-corrected chi connectivity index (χ3v) is 4.10. The number of nitrogens with one attached hydrogen (secondary N) is 1. The van der Waals surface area contributed by atoms with Crippen molar-refractivity contribution in [3.05, 3.63) is 15.0 Å². The number of ether oxygens (including phenoxy) is 1. The van der Waals surface area contributed by atoms with Crippen LogP contribution in [0.2, 0.25) is 0 Å². The first-order valence-electron chi connectivity index (χ1n) is 5.42. The number of carbonyl (C=O) groups is 2. The van der Waals surface area contributed by atoms with Crippen LogP contribution in [0.5, 0.6) is 0 Å². The van der Waals surface area contributed by atoms with E-state index in [2.05, 4.69) is 26.2 Å². The van der Waals surface area contributed by atoms with Gasteiger partial charge < -0.3 is 15.0 Å². The van der Waals surface area contributed by atoms with E-state index in [9.17, 15) is 9.59 Å². The van der Waals surface area contributed by atoms with Crippen molar-refractivity contribution in [1.29, 1.82) is 0 Å². The molecule has 1 unspecified atom stereocenters. The number of nitrogens with zero attached hydrogens (tertiary/aromatic N) is 2. The van der Waals surface area contributed by atoms with Gasteiger partial charge in [-0.15, -0.1) is 11.3 Å². The first kappa shape index (κ1) is 13.4. The molecule has 2 heterocycles. The van der Waals surface area contributed by atoms with Crippen molar-refractivity contribution in [1.82, 2.24) is 15.2 Å². The Morgan fingerprint density at radius 1 is 1.67 bits per heavy atom. The third kappa shape index (κ3) is 3.06. The van der Waals surface area contributed by atoms with Crippen molar-refractivity contribution in [3.8, 4) is 0 Å². The fourth-order valence-electron chi connectivity index (χ4n) is 1.64. The van der Waals surface area contributed by atoms with Gasteiger partial charge in [0, 0.05) is 31.1 Å². The SMILES string of the molecule is CC1CNCCN1C(=O)OC(=O)c1nc(Br)cs1. The summed E-state index contributed by atoms with van der Waals surface area (Å²) in [7, 11) is 0. The van der Waals surface area contributed by atoms with Crippen molar-refractivity contribution in [2.45, 2.75) is 13.0 Å². The fraction of sp³-hybridized carbons (Fsp3) is 0.500. The van der Waals surface area contributed by atoms with E-state index < -0.39 is 12.1 Å². The smallest absolute Gasteiger partial charge is 0.371 e. The second kappa shape index (κ2) is 5.77. The number of hydrogen-bond donors (Lipinski definition) is 1. The summed E-state index contributed by atoms with van der Waals surface area (Å²) in [6.45, 7) is 3.84. The second-order valence-corrected chi connectivity index (χ2v) is 5.55. The van der Waals surface area contributed by atoms with Crippen LogP contribution in [0, 0.1) is 0 Å². The van der Waals surface area contributed by atoms with Gasteiger partial charge in [0.15, 0.2) is 0 Å². The van der Waals surface area contributed by atoms with Gasteiger partial charge in [-0.05, 0) is 22.9 Å². The molecule has 0 aliphatic carbocycles. The highest BCUT2D eigenvalue weighted by Gasteiger charge is 2.27. The lowest BCUT2D eigenvalue weighted by atomic mass is 10.2. The third-order valence-electron chi connectivity index (χ3n) is 2.57. The van der Waals surface area contributed by atoms with Crippen LogP contribution in [0.4, 0.5) is 4.79 Å². The zero-order chi connectivity index (χ0) is 13.1. The Hall–Kier alpha value is -0.990. The number of thiazole rings is 1. The molecular weight excluding hydrogens is 322 g/mol. The summed E-state index contributed by atoms with van der Waals surface area (Å²) in [5, 5.41) is 4.98. The van der Waals surface area contributed by atoms with Crippen molar-refractivity contribution in [3.63, 3.8) is 0 Å². The Morgan fingerprint density at radius 2 is 2.44 bits per heavy atom. The van der Waals surface area contributed by atoms with Crippen molar-refractivity contribution < 1.29 is 14.3 Å². The Kier molecular flexibility index (Phi) is 4.31. The molecule has 1 amide bonds. The summed E-state index contributed by atoms with van der Waals surface area (Å²) in [4.78, 5) is 28.9. The minimum Gasteiger partial charge on any atom is -0.371 e. The predicted octanol–water partition coefficient (Wildman–Crippen LogP) is 1.48. The van der Waals surface area contributed by atoms with Crippen LogP contribution >= 0.6 is 27.3 Å². The van der Waals surface area contributed by atoms with Gasteiger partial charge in [-0.2, -0.15) is 0 Å². The minimum atomic E-state index is -0.707. The van der Waals surface area contributed by atoms with E-state index in [0.717, 1.165) is 11.3 Å². The summed E-state index contributed by atoms with van der Waals surface area (Å²) >= 11 is 4.27.